The van der Waals surface area contributed by atoms with Crippen molar-refractivity contribution in [2.24, 2.45) is 0 Å². The van der Waals surface area contributed by atoms with E-state index in [1.165, 1.54) is 0 Å². The molecule has 0 aliphatic carbocycles. The van der Waals surface area contributed by atoms with Crippen molar-refractivity contribution >= 4 is 23.2 Å². The summed E-state index contributed by atoms with van der Waals surface area (Å²) >= 11 is 0. The summed E-state index contributed by atoms with van der Waals surface area (Å²) in [5, 5.41) is 5.65. The molecule has 6 nitrogen and oxygen atoms in total. The minimum atomic E-state index is -0.274. The molecular formula is C22H18N2O4. The minimum absolute atomic E-state index is 0.179. The predicted octanol–water partition coefficient (Wildman–Crippen LogP) is 4.23. The third-order valence-electron chi connectivity index (χ3n) is 4.32. The lowest BCUT2D eigenvalue weighted by atomic mass is 10.1. The van der Waals surface area contributed by atoms with Crippen molar-refractivity contribution in [1.29, 1.82) is 0 Å². The Hall–Kier alpha value is -3.80. The van der Waals surface area contributed by atoms with Gasteiger partial charge in [0.15, 0.2) is 11.5 Å². The lowest BCUT2D eigenvalue weighted by Crippen LogP contribution is -2.14. The maximum absolute atomic E-state index is 12.4. The maximum Gasteiger partial charge on any atom is 0.255 e. The second-order valence-corrected chi connectivity index (χ2v) is 6.42. The molecule has 0 unspecified atom stereocenters. The number of benzene rings is 3. The molecule has 2 N–H and O–H groups in total. The van der Waals surface area contributed by atoms with Gasteiger partial charge in [0.2, 0.25) is 6.79 Å². The van der Waals surface area contributed by atoms with Crippen LogP contribution >= 0.6 is 0 Å². The summed E-state index contributed by atoms with van der Waals surface area (Å²) < 4.78 is 10.6. The zero-order valence-electron chi connectivity index (χ0n) is 15.2. The molecule has 4 rings (SSSR count). The fourth-order valence-corrected chi connectivity index (χ4v) is 2.88. The number of amides is 2. The van der Waals surface area contributed by atoms with Crippen molar-refractivity contribution in [3.63, 3.8) is 0 Å². The Morgan fingerprint density at radius 3 is 2.00 bits per heavy atom. The molecule has 1 aliphatic heterocycles. The van der Waals surface area contributed by atoms with E-state index in [1.807, 2.05) is 31.2 Å². The number of rotatable bonds is 4. The van der Waals surface area contributed by atoms with Gasteiger partial charge in [0.1, 0.15) is 0 Å². The quantitative estimate of drug-likeness (QED) is 0.717. The van der Waals surface area contributed by atoms with Crippen molar-refractivity contribution in [3.05, 3.63) is 83.4 Å². The molecule has 0 saturated heterocycles. The van der Waals surface area contributed by atoms with Crippen LogP contribution in [0.25, 0.3) is 0 Å². The number of hydrogen-bond donors (Lipinski definition) is 2. The van der Waals surface area contributed by atoms with Crippen molar-refractivity contribution in [1.82, 2.24) is 0 Å². The van der Waals surface area contributed by atoms with Crippen LogP contribution in [0, 0.1) is 6.92 Å². The Balaban J connectivity index is 1.42. The first-order chi connectivity index (χ1) is 13.6. The molecule has 0 atom stereocenters. The van der Waals surface area contributed by atoms with E-state index in [2.05, 4.69) is 10.6 Å². The van der Waals surface area contributed by atoms with Gasteiger partial charge in [-0.05, 0) is 61.0 Å². The molecule has 1 aliphatic rings. The monoisotopic (exact) mass is 374 g/mol. The van der Waals surface area contributed by atoms with E-state index >= 15 is 0 Å². The number of fused-ring (bicyclic) bond motifs is 1. The molecule has 3 aromatic carbocycles. The molecule has 0 fully saturated rings. The summed E-state index contributed by atoms with van der Waals surface area (Å²) in [6.07, 6.45) is 0. The number of nitrogens with one attached hydrogen (secondary N) is 2. The summed E-state index contributed by atoms with van der Waals surface area (Å²) in [5.41, 5.74) is 3.32. The molecule has 140 valence electrons. The molecule has 0 aromatic heterocycles. The van der Waals surface area contributed by atoms with Crippen molar-refractivity contribution in [2.75, 3.05) is 17.4 Å². The molecule has 3 aromatic rings. The highest BCUT2D eigenvalue weighted by molar-refractivity contribution is 6.07. The van der Waals surface area contributed by atoms with Crippen molar-refractivity contribution in [3.8, 4) is 11.5 Å². The molecule has 28 heavy (non-hydrogen) atoms. The molecule has 0 radical (unpaired) electrons. The van der Waals surface area contributed by atoms with Crippen LogP contribution in [-0.4, -0.2) is 18.6 Å². The summed E-state index contributed by atoms with van der Waals surface area (Å²) in [5.74, 6) is 0.751. The van der Waals surface area contributed by atoms with Gasteiger partial charge < -0.3 is 20.1 Å². The number of ether oxygens (including phenoxy) is 2. The Bertz CT molecular complexity index is 1040. The third kappa shape index (κ3) is 3.81. The minimum Gasteiger partial charge on any atom is -0.454 e. The van der Waals surface area contributed by atoms with Crippen LogP contribution in [0.4, 0.5) is 11.4 Å². The van der Waals surface area contributed by atoms with Gasteiger partial charge in [-0.25, -0.2) is 0 Å². The average molecular weight is 374 g/mol. The fourth-order valence-electron chi connectivity index (χ4n) is 2.88. The Kier molecular flexibility index (Phi) is 4.68. The summed E-state index contributed by atoms with van der Waals surface area (Å²) in [6.45, 7) is 2.14. The van der Waals surface area contributed by atoms with Crippen LogP contribution in [0.1, 0.15) is 26.3 Å². The number of carbonyl (C=O) groups excluding carboxylic acids is 2. The molecule has 0 bridgehead atoms. The maximum atomic E-state index is 12.4. The van der Waals surface area contributed by atoms with Crippen LogP contribution < -0.4 is 20.1 Å². The number of anilines is 2. The lowest BCUT2D eigenvalue weighted by molar-refractivity contribution is 0.101. The first-order valence-electron chi connectivity index (χ1n) is 8.77. The van der Waals surface area contributed by atoms with E-state index in [0.717, 1.165) is 11.3 Å². The first-order valence-corrected chi connectivity index (χ1v) is 8.77. The summed E-state index contributed by atoms with van der Waals surface area (Å²) in [7, 11) is 0. The van der Waals surface area contributed by atoms with Crippen molar-refractivity contribution < 1.29 is 19.1 Å². The summed E-state index contributed by atoms with van der Waals surface area (Å²) in [4.78, 5) is 24.8. The van der Waals surface area contributed by atoms with Crippen LogP contribution in [0.15, 0.2) is 66.7 Å². The first kappa shape index (κ1) is 17.6. The second kappa shape index (κ2) is 7.44. The zero-order valence-corrected chi connectivity index (χ0v) is 15.2. The number of carbonyl (C=O) groups is 2. The number of hydrogen-bond acceptors (Lipinski definition) is 4. The van der Waals surface area contributed by atoms with E-state index < -0.39 is 0 Å². The van der Waals surface area contributed by atoms with Crippen LogP contribution in [-0.2, 0) is 0 Å². The van der Waals surface area contributed by atoms with Gasteiger partial charge in [-0.15, -0.1) is 0 Å². The number of aryl methyl sites for hydroxylation is 1. The lowest BCUT2D eigenvalue weighted by Gasteiger charge is -2.08. The largest absolute Gasteiger partial charge is 0.454 e. The van der Waals surface area contributed by atoms with E-state index in [9.17, 15) is 9.59 Å². The van der Waals surface area contributed by atoms with Crippen LogP contribution in [0.3, 0.4) is 0 Å². The Labute approximate surface area is 162 Å². The average Bonchev–Trinajstić information content (AvgIpc) is 3.16. The molecule has 6 heteroatoms. The van der Waals surface area contributed by atoms with E-state index in [-0.39, 0.29) is 18.6 Å². The molecule has 2 amide bonds. The summed E-state index contributed by atoms with van der Waals surface area (Å²) in [6, 6.07) is 19.3. The van der Waals surface area contributed by atoms with E-state index in [1.54, 1.807) is 42.5 Å². The predicted molar refractivity (Wildman–Crippen MR) is 106 cm³/mol. The van der Waals surface area contributed by atoms with Crippen LogP contribution in [0.5, 0.6) is 11.5 Å². The standard InChI is InChI=1S/C22H18N2O4/c1-14-3-2-4-17(11-14)23-21(25)15-5-7-16(8-6-15)22(26)24-18-9-10-19-20(12-18)28-13-27-19/h2-12H,13H2,1H3,(H,23,25)(H,24,26). The van der Waals surface area contributed by atoms with E-state index in [4.69, 9.17) is 9.47 Å². The van der Waals surface area contributed by atoms with Gasteiger partial charge >= 0.3 is 0 Å². The van der Waals surface area contributed by atoms with E-state index in [0.29, 0.717) is 28.3 Å². The van der Waals surface area contributed by atoms with Gasteiger partial charge in [0.05, 0.1) is 0 Å². The molecular weight excluding hydrogens is 356 g/mol. The normalized spacial score (nSPS) is 11.8. The highest BCUT2D eigenvalue weighted by atomic mass is 16.7. The zero-order chi connectivity index (χ0) is 19.5. The topological polar surface area (TPSA) is 76.7 Å². The van der Waals surface area contributed by atoms with Gasteiger partial charge in [-0.3, -0.25) is 9.59 Å². The third-order valence-corrected chi connectivity index (χ3v) is 4.32. The molecule has 0 spiro atoms. The highest BCUT2D eigenvalue weighted by Crippen LogP contribution is 2.34. The molecule has 1 heterocycles. The van der Waals surface area contributed by atoms with Gasteiger partial charge in [0.25, 0.3) is 11.8 Å². The van der Waals surface area contributed by atoms with Crippen molar-refractivity contribution in [2.45, 2.75) is 6.92 Å². The SMILES string of the molecule is Cc1cccc(NC(=O)c2ccc(C(=O)Nc3ccc4c(c3)OCO4)cc2)c1. The fraction of sp³-hybridized carbons (Fsp3) is 0.0909. The smallest absolute Gasteiger partial charge is 0.255 e. The molecule has 0 saturated carbocycles. The Morgan fingerprint density at radius 1 is 0.750 bits per heavy atom. The van der Waals surface area contributed by atoms with Crippen LogP contribution in [0.2, 0.25) is 0 Å². The second-order valence-electron chi connectivity index (χ2n) is 6.42. The highest BCUT2D eigenvalue weighted by Gasteiger charge is 2.15. The Morgan fingerprint density at radius 2 is 1.36 bits per heavy atom. The van der Waals surface area contributed by atoms with Gasteiger partial charge in [-0.2, -0.15) is 0 Å². The van der Waals surface area contributed by atoms with Gasteiger partial charge in [-0.1, -0.05) is 12.1 Å². The van der Waals surface area contributed by atoms with Gasteiger partial charge in [0, 0.05) is 28.6 Å².